The van der Waals surface area contributed by atoms with Crippen molar-refractivity contribution in [3.05, 3.63) is 35.7 Å². The fourth-order valence-corrected chi connectivity index (χ4v) is 4.51. The molecule has 1 saturated carbocycles. The van der Waals surface area contributed by atoms with E-state index in [1.807, 2.05) is 35.7 Å². The van der Waals surface area contributed by atoms with Crippen LogP contribution >= 0.6 is 11.3 Å². The first-order valence-electron chi connectivity index (χ1n) is 9.74. The molecular formula is C21H26N2O3S. The van der Waals surface area contributed by atoms with Gasteiger partial charge in [-0.15, -0.1) is 11.3 Å². The highest BCUT2D eigenvalue weighted by Gasteiger charge is 2.15. The Morgan fingerprint density at radius 1 is 1.26 bits per heavy atom. The lowest BCUT2D eigenvalue weighted by Gasteiger charge is -2.22. The average molecular weight is 387 g/mol. The van der Waals surface area contributed by atoms with Gasteiger partial charge in [-0.3, -0.25) is 0 Å². The number of hydrogen-bond acceptors (Lipinski definition) is 6. The number of rotatable bonds is 8. The van der Waals surface area contributed by atoms with E-state index >= 15 is 0 Å². The van der Waals surface area contributed by atoms with Crippen molar-refractivity contribution in [2.75, 3.05) is 19.7 Å². The van der Waals surface area contributed by atoms with Gasteiger partial charge in [-0.05, 0) is 48.9 Å². The minimum absolute atomic E-state index is 0.272. The van der Waals surface area contributed by atoms with E-state index < -0.39 is 6.10 Å². The Balaban J connectivity index is 1.27. The molecule has 0 radical (unpaired) electrons. The van der Waals surface area contributed by atoms with Crippen LogP contribution in [0.25, 0.3) is 21.5 Å². The molecule has 0 saturated heterocycles. The van der Waals surface area contributed by atoms with Gasteiger partial charge in [-0.25, -0.2) is 0 Å². The van der Waals surface area contributed by atoms with Crippen LogP contribution in [0.1, 0.15) is 32.1 Å². The molecule has 0 amide bonds. The third-order valence-corrected chi connectivity index (χ3v) is 6.07. The molecule has 1 fully saturated rings. The summed E-state index contributed by atoms with van der Waals surface area (Å²) in [6.07, 6.45) is 6.17. The highest BCUT2D eigenvalue weighted by atomic mass is 32.1. The minimum Gasteiger partial charge on any atom is -0.491 e. The van der Waals surface area contributed by atoms with Crippen LogP contribution in [0.2, 0.25) is 0 Å². The molecule has 0 spiro atoms. The van der Waals surface area contributed by atoms with Gasteiger partial charge in [0.15, 0.2) is 5.58 Å². The molecule has 4 rings (SSSR count). The Hall–Kier alpha value is -1.89. The van der Waals surface area contributed by atoms with Crippen LogP contribution in [0, 0.1) is 5.92 Å². The predicted octanol–water partition coefficient (Wildman–Crippen LogP) is 4.47. The molecule has 2 aromatic heterocycles. The second-order valence-corrected chi connectivity index (χ2v) is 8.22. The molecule has 6 heteroatoms. The summed E-state index contributed by atoms with van der Waals surface area (Å²) in [6, 6.07) is 9.70. The second kappa shape index (κ2) is 8.87. The lowest BCUT2D eigenvalue weighted by molar-refractivity contribution is 0.105. The third kappa shape index (κ3) is 4.69. The van der Waals surface area contributed by atoms with E-state index in [9.17, 15) is 5.11 Å². The third-order valence-electron chi connectivity index (χ3n) is 5.17. The predicted molar refractivity (Wildman–Crippen MR) is 108 cm³/mol. The van der Waals surface area contributed by atoms with Gasteiger partial charge in [-0.1, -0.05) is 36.6 Å². The molecule has 27 heavy (non-hydrogen) atoms. The van der Waals surface area contributed by atoms with Crippen LogP contribution in [-0.4, -0.2) is 36.1 Å². The van der Waals surface area contributed by atoms with Gasteiger partial charge in [-0.2, -0.15) is 0 Å². The summed E-state index contributed by atoms with van der Waals surface area (Å²) >= 11 is 1.61. The van der Waals surface area contributed by atoms with Crippen molar-refractivity contribution in [3.8, 4) is 17.0 Å². The summed E-state index contributed by atoms with van der Waals surface area (Å²) in [7, 11) is 0. The van der Waals surface area contributed by atoms with E-state index in [1.54, 1.807) is 11.3 Å². The van der Waals surface area contributed by atoms with E-state index in [0.717, 1.165) is 39.8 Å². The Morgan fingerprint density at radius 3 is 3.04 bits per heavy atom. The zero-order chi connectivity index (χ0) is 18.5. The van der Waals surface area contributed by atoms with Gasteiger partial charge in [0.2, 0.25) is 0 Å². The Bertz CT molecular complexity index is 854. The SMILES string of the molecule is OC(CNCC1CCCCC1)COc1cccc(-c2noc3ccsc23)c1. The van der Waals surface area contributed by atoms with Gasteiger partial charge in [0.1, 0.15) is 28.9 Å². The Morgan fingerprint density at radius 2 is 2.15 bits per heavy atom. The van der Waals surface area contributed by atoms with Gasteiger partial charge < -0.3 is 19.7 Å². The zero-order valence-corrected chi connectivity index (χ0v) is 16.2. The van der Waals surface area contributed by atoms with Gasteiger partial charge >= 0.3 is 0 Å². The summed E-state index contributed by atoms with van der Waals surface area (Å²) < 4.78 is 12.2. The van der Waals surface area contributed by atoms with Gasteiger partial charge in [0, 0.05) is 12.1 Å². The molecule has 1 atom stereocenters. The van der Waals surface area contributed by atoms with Crippen LogP contribution < -0.4 is 10.1 Å². The lowest BCUT2D eigenvalue weighted by atomic mass is 9.89. The zero-order valence-electron chi connectivity index (χ0n) is 15.4. The Kier molecular flexibility index (Phi) is 6.07. The van der Waals surface area contributed by atoms with E-state index in [2.05, 4.69) is 10.5 Å². The minimum atomic E-state index is -0.520. The maximum atomic E-state index is 10.2. The molecule has 1 aliphatic rings. The summed E-state index contributed by atoms with van der Waals surface area (Å²) in [5, 5.41) is 19.7. The fourth-order valence-electron chi connectivity index (χ4n) is 3.69. The molecular weight excluding hydrogens is 360 g/mol. The molecule has 1 unspecified atom stereocenters. The molecule has 1 aliphatic carbocycles. The van der Waals surface area contributed by atoms with E-state index in [1.165, 1.54) is 32.1 Å². The number of aliphatic hydroxyl groups excluding tert-OH is 1. The number of nitrogens with one attached hydrogen (secondary N) is 1. The number of fused-ring (bicyclic) bond motifs is 1. The number of aromatic nitrogens is 1. The summed E-state index contributed by atoms with van der Waals surface area (Å²) in [4.78, 5) is 0. The first kappa shape index (κ1) is 18.5. The van der Waals surface area contributed by atoms with Crippen molar-refractivity contribution in [3.63, 3.8) is 0 Å². The molecule has 1 aromatic carbocycles. The van der Waals surface area contributed by atoms with E-state index in [4.69, 9.17) is 9.26 Å². The lowest BCUT2D eigenvalue weighted by Crippen LogP contribution is -2.34. The van der Waals surface area contributed by atoms with E-state index in [-0.39, 0.29) is 6.61 Å². The monoisotopic (exact) mass is 386 g/mol. The van der Waals surface area contributed by atoms with Crippen LogP contribution in [0.4, 0.5) is 0 Å². The first-order valence-corrected chi connectivity index (χ1v) is 10.6. The molecule has 3 aromatic rings. The van der Waals surface area contributed by atoms with Crippen molar-refractivity contribution >= 4 is 21.6 Å². The Labute approximate surface area is 163 Å². The quantitative estimate of drug-likeness (QED) is 0.598. The number of aliphatic hydroxyl groups is 1. The van der Waals surface area contributed by atoms with Crippen molar-refractivity contribution in [1.82, 2.24) is 10.5 Å². The van der Waals surface area contributed by atoms with Crippen LogP contribution in [0.3, 0.4) is 0 Å². The maximum Gasteiger partial charge on any atom is 0.178 e. The largest absolute Gasteiger partial charge is 0.491 e. The van der Waals surface area contributed by atoms with Crippen LogP contribution in [-0.2, 0) is 0 Å². The smallest absolute Gasteiger partial charge is 0.178 e. The molecule has 0 aliphatic heterocycles. The molecule has 5 nitrogen and oxygen atoms in total. The van der Waals surface area contributed by atoms with Gasteiger partial charge in [0.05, 0.1) is 0 Å². The first-order chi connectivity index (χ1) is 13.3. The van der Waals surface area contributed by atoms with Crippen molar-refractivity contribution in [2.45, 2.75) is 38.2 Å². The topological polar surface area (TPSA) is 67.5 Å². The highest BCUT2D eigenvalue weighted by molar-refractivity contribution is 7.17. The standard InChI is InChI=1S/C21H26N2O3S/c24-17(13-22-12-15-5-2-1-3-6-15)14-25-18-8-4-7-16(11-18)20-21-19(26-23-20)9-10-27-21/h4,7-11,15,17,22,24H,1-3,5-6,12-14H2. The van der Waals surface area contributed by atoms with Crippen molar-refractivity contribution in [2.24, 2.45) is 5.92 Å². The average Bonchev–Trinajstić information content (AvgIpc) is 3.31. The van der Waals surface area contributed by atoms with Crippen molar-refractivity contribution < 1.29 is 14.4 Å². The summed E-state index contributed by atoms with van der Waals surface area (Å²) in [5.41, 5.74) is 2.60. The number of hydrogen-bond donors (Lipinski definition) is 2. The molecule has 0 bridgehead atoms. The number of benzene rings is 1. The van der Waals surface area contributed by atoms with Crippen LogP contribution in [0.15, 0.2) is 40.2 Å². The normalized spacial score (nSPS) is 16.6. The number of ether oxygens (including phenoxy) is 1. The van der Waals surface area contributed by atoms with E-state index in [0.29, 0.717) is 6.54 Å². The molecule has 2 N–H and O–H groups in total. The number of nitrogens with zero attached hydrogens (tertiary/aromatic N) is 1. The number of thiophene rings is 1. The van der Waals surface area contributed by atoms with Gasteiger partial charge in [0.25, 0.3) is 0 Å². The van der Waals surface area contributed by atoms with Crippen molar-refractivity contribution in [1.29, 1.82) is 0 Å². The highest BCUT2D eigenvalue weighted by Crippen LogP contribution is 2.33. The molecule has 2 heterocycles. The maximum absolute atomic E-state index is 10.2. The second-order valence-electron chi connectivity index (χ2n) is 7.30. The summed E-state index contributed by atoms with van der Waals surface area (Å²) in [5.74, 6) is 1.49. The molecule has 144 valence electrons. The fraction of sp³-hybridized carbons (Fsp3) is 0.476. The van der Waals surface area contributed by atoms with Crippen LogP contribution in [0.5, 0.6) is 5.75 Å². The summed E-state index contributed by atoms with van der Waals surface area (Å²) in [6.45, 7) is 1.83.